The second kappa shape index (κ2) is 5.77. The standard InChI is InChI=1S/C18H13BrN6O/c1-24-17-15(8-21-24)18-22-16(23-25(18)10-20-17)9-26-14-5-3-11-6-13(19)4-2-12(11)7-14/h2-8,10H,9H2,1H3. The van der Waals surface area contributed by atoms with E-state index in [0.29, 0.717) is 5.82 Å². The predicted octanol–water partition coefficient (Wildman–Crippen LogP) is 3.51. The Bertz CT molecular complexity index is 1280. The summed E-state index contributed by atoms with van der Waals surface area (Å²) in [6, 6.07) is 12.1. The first-order valence-corrected chi connectivity index (χ1v) is 8.81. The fourth-order valence-electron chi connectivity index (χ4n) is 2.98. The maximum Gasteiger partial charge on any atom is 0.189 e. The normalized spacial score (nSPS) is 11.6. The van der Waals surface area contributed by atoms with Gasteiger partial charge in [-0.1, -0.05) is 28.1 Å². The lowest BCUT2D eigenvalue weighted by atomic mass is 10.1. The molecule has 0 amide bonds. The molecule has 0 saturated heterocycles. The van der Waals surface area contributed by atoms with Crippen molar-refractivity contribution in [1.29, 1.82) is 0 Å². The molecule has 5 rings (SSSR count). The highest BCUT2D eigenvalue weighted by Crippen LogP contribution is 2.24. The zero-order chi connectivity index (χ0) is 17.7. The molecular formula is C18H13BrN6O. The van der Waals surface area contributed by atoms with Gasteiger partial charge < -0.3 is 4.74 Å². The van der Waals surface area contributed by atoms with E-state index in [1.165, 1.54) is 0 Å². The number of aryl methyl sites for hydroxylation is 1. The van der Waals surface area contributed by atoms with Crippen LogP contribution in [0.3, 0.4) is 0 Å². The summed E-state index contributed by atoms with van der Waals surface area (Å²) in [7, 11) is 1.85. The SMILES string of the molecule is Cn1ncc2c1ncn1nc(COc3ccc4cc(Br)ccc4c3)nc21. The first kappa shape index (κ1) is 15.3. The Hall–Kier alpha value is -3.00. The topological polar surface area (TPSA) is 70.1 Å². The first-order chi connectivity index (χ1) is 12.7. The zero-order valence-electron chi connectivity index (χ0n) is 13.8. The van der Waals surface area contributed by atoms with E-state index in [9.17, 15) is 0 Å². The van der Waals surface area contributed by atoms with Crippen LogP contribution >= 0.6 is 15.9 Å². The maximum absolute atomic E-state index is 5.89. The summed E-state index contributed by atoms with van der Waals surface area (Å²) in [4.78, 5) is 8.93. The van der Waals surface area contributed by atoms with Crippen molar-refractivity contribution >= 4 is 43.4 Å². The van der Waals surface area contributed by atoms with Crippen LogP contribution in [0.5, 0.6) is 5.75 Å². The quantitative estimate of drug-likeness (QED) is 0.456. The summed E-state index contributed by atoms with van der Waals surface area (Å²) in [5.74, 6) is 1.38. The van der Waals surface area contributed by atoms with Crippen molar-refractivity contribution in [3.8, 4) is 5.75 Å². The summed E-state index contributed by atoms with van der Waals surface area (Å²) < 4.78 is 10.3. The molecule has 8 heteroatoms. The van der Waals surface area contributed by atoms with E-state index in [-0.39, 0.29) is 6.61 Å². The third-order valence-electron chi connectivity index (χ3n) is 4.25. The Kier molecular flexibility index (Phi) is 3.39. The lowest BCUT2D eigenvalue weighted by Crippen LogP contribution is -1.98. The van der Waals surface area contributed by atoms with Crippen LogP contribution in [0.4, 0.5) is 0 Å². The largest absolute Gasteiger partial charge is 0.486 e. The molecule has 3 heterocycles. The van der Waals surface area contributed by atoms with Crippen LogP contribution in [0.25, 0.3) is 27.5 Å². The van der Waals surface area contributed by atoms with Crippen LogP contribution in [0.2, 0.25) is 0 Å². The molecule has 0 N–H and O–H groups in total. The van der Waals surface area contributed by atoms with Crippen LogP contribution in [-0.2, 0) is 13.7 Å². The average Bonchev–Trinajstić information content (AvgIpc) is 3.23. The molecule has 2 aromatic carbocycles. The number of hydrogen-bond acceptors (Lipinski definition) is 5. The van der Waals surface area contributed by atoms with Gasteiger partial charge in [-0.2, -0.15) is 5.10 Å². The fraction of sp³-hybridized carbons (Fsp3) is 0.111. The molecule has 7 nitrogen and oxygen atoms in total. The van der Waals surface area contributed by atoms with Gasteiger partial charge in [0.2, 0.25) is 0 Å². The van der Waals surface area contributed by atoms with Crippen LogP contribution in [0.1, 0.15) is 5.82 Å². The molecule has 26 heavy (non-hydrogen) atoms. The van der Waals surface area contributed by atoms with Crippen LogP contribution < -0.4 is 4.74 Å². The number of nitrogens with zero attached hydrogens (tertiary/aromatic N) is 6. The first-order valence-electron chi connectivity index (χ1n) is 8.01. The molecule has 0 atom stereocenters. The van der Waals surface area contributed by atoms with Gasteiger partial charge in [0.05, 0.1) is 11.6 Å². The number of hydrogen-bond donors (Lipinski definition) is 0. The van der Waals surface area contributed by atoms with Crippen molar-refractivity contribution in [2.24, 2.45) is 7.05 Å². The average molecular weight is 409 g/mol. The second-order valence-electron chi connectivity index (χ2n) is 5.99. The molecule has 3 aromatic heterocycles. The summed E-state index contributed by atoms with van der Waals surface area (Å²) in [6.45, 7) is 0.283. The number of ether oxygens (including phenoxy) is 1. The van der Waals surface area contributed by atoms with Gasteiger partial charge in [-0.05, 0) is 35.0 Å². The molecule has 128 valence electrons. The van der Waals surface area contributed by atoms with Gasteiger partial charge in [0, 0.05) is 11.5 Å². The molecule has 0 unspecified atom stereocenters. The van der Waals surface area contributed by atoms with E-state index in [1.807, 2.05) is 31.3 Å². The molecule has 0 spiro atoms. The van der Waals surface area contributed by atoms with Gasteiger partial charge in [0.15, 0.2) is 17.1 Å². The van der Waals surface area contributed by atoms with Crippen LogP contribution in [0.15, 0.2) is 53.4 Å². The minimum atomic E-state index is 0.283. The van der Waals surface area contributed by atoms with Crippen LogP contribution in [-0.4, -0.2) is 29.4 Å². The van der Waals surface area contributed by atoms with Crippen molar-refractivity contribution in [1.82, 2.24) is 29.4 Å². The zero-order valence-corrected chi connectivity index (χ0v) is 15.4. The van der Waals surface area contributed by atoms with E-state index in [2.05, 4.69) is 48.2 Å². The molecule has 0 fully saturated rings. The summed E-state index contributed by atoms with van der Waals surface area (Å²) >= 11 is 3.49. The van der Waals surface area contributed by atoms with E-state index in [4.69, 9.17) is 4.74 Å². The Morgan fingerprint density at radius 2 is 1.92 bits per heavy atom. The Balaban J connectivity index is 1.44. The van der Waals surface area contributed by atoms with Gasteiger partial charge in [-0.15, -0.1) is 5.10 Å². The number of fused-ring (bicyclic) bond motifs is 4. The van der Waals surface area contributed by atoms with Crippen LogP contribution in [0, 0.1) is 0 Å². The third-order valence-corrected chi connectivity index (χ3v) is 4.75. The molecule has 0 aliphatic carbocycles. The monoisotopic (exact) mass is 408 g/mol. The van der Waals surface area contributed by atoms with Gasteiger partial charge in [0.25, 0.3) is 0 Å². The van der Waals surface area contributed by atoms with Crippen molar-refractivity contribution in [2.75, 3.05) is 0 Å². The third kappa shape index (κ3) is 2.50. The van der Waals surface area contributed by atoms with Crippen molar-refractivity contribution in [3.63, 3.8) is 0 Å². The lowest BCUT2D eigenvalue weighted by Gasteiger charge is -2.05. The molecule has 0 aliphatic heterocycles. The lowest BCUT2D eigenvalue weighted by molar-refractivity contribution is 0.296. The number of aromatic nitrogens is 6. The van der Waals surface area contributed by atoms with Gasteiger partial charge in [-0.3, -0.25) is 4.68 Å². The Morgan fingerprint density at radius 3 is 2.85 bits per heavy atom. The van der Waals surface area contributed by atoms with Crippen molar-refractivity contribution in [3.05, 3.63) is 59.2 Å². The molecule has 0 saturated carbocycles. The smallest absolute Gasteiger partial charge is 0.189 e. The molecular weight excluding hydrogens is 396 g/mol. The Morgan fingerprint density at radius 1 is 1.08 bits per heavy atom. The highest BCUT2D eigenvalue weighted by Gasteiger charge is 2.11. The van der Waals surface area contributed by atoms with E-state index >= 15 is 0 Å². The molecule has 0 radical (unpaired) electrons. The van der Waals surface area contributed by atoms with Gasteiger partial charge in [-0.25, -0.2) is 14.5 Å². The molecule has 0 aliphatic rings. The number of benzene rings is 2. The van der Waals surface area contributed by atoms with Gasteiger partial charge in [0.1, 0.15) is 18.7 Å². The fourth-order valence-corrected chi connectivity index (χ4v) is 3.36. The summed E-state index contributed by atoms with van der Waals surface area (Å²) in [5.41, 5.74) is 1.50. The molecule has 5 aromatic rings. The second-order valence-corrected chi connectivity index (χ2v) is 6.90. The van der Waals surface area contributed by atoms with Crippen molar-refractivity contribution in [2.45, 2.75) is 6.61 Å². The van der Waals surface area contributed by atoms with E-state index in [1.54, 1.807) is 21.7 Å². The van der Waals surface area contributed by atoms with E-state index in [0.717, 1.165) is 37.7 Å². The number of halogens is 1. The number of rotatable bonds is 3. The van der Waals surface area contributed by atoms with E-state index < -0.39 is 0 Å². The summed E-state index contributed by atoms with van der Waals surface area (Å²) in [5, 5.41) is 11.8. The Labute approximate surface area is 156 Å². The minimum Gasteiger partial charge on any atom is -0.486 e. The molecule has 0 bridgehead atoms. The highest BCUT2D eigenvalue weighted by atomic mass is 79.9. The maximum atomic E-state index is 5.89. The van der Waals surface area contributed by atoms with Crippen molar-refractivity contribution < 1.29 is 4.74 Å². The minimum absolute atomic E-state index is 0.283. The predicted molar refractivity (Wildman–Crippen MR) is 101 cm³/mol. The van der Waals surface area contributed by atoms with Gasteiger partial charge >= 0.3 is 0 Å². The highest BCUT2D eigenvalue weighted by molar-refractivity contribution is 9.10. The summed E-state index contributed by atoms with van der Waals surface area (Å²) in [6.07, 6.45) is 3.39.